The first-order valence-corrected chi connectivity index (χ1v) is 9.07. The van der Waals surface area contributed by atoms with Gasteiger partial charge in [-0.25, -0.2) is 0 Å². The molecule has 4 nitrogen and oxygen atoms in total. The van der Waals surface area contributed by atoms with Gasteiger partial charge in [0.1, 0.15) is 0 Å². The monoisotopic (exact) mass is 347 g/mol. The Bertz CT molecular complexity index is 894. The Morgan fingerprint density at radius 2 is 1.73 bits per heavy atom. The lowest BCUT2D eigenvalue weighted by Crippen LogP contribution is -2.14. The second-order valence-corrected chi connectivity index (χ2v) is 6.90. The number of nitrogens with one attached hydrogen (secondary N) is 2. The van der Waals surface area contributed by atoms with E-state index in [1.165, 1.54) is 5.56 Å². The van der Waals surface area contributed by atoms with E-state index in [4.69, 9.17) is 5.41 Å². The van der Waals surface area contributed by atoms with Crippen molar-refractivity contribution in [2.24, 2.45) is 5.92 Å². The third-order valence-electron chi connectivity index (χ3n) is 4.52. The zero-order chi connectivity index (χ0) is 18.4. The highest BCUT2D eigenvalue weighted by atomic mass is 16.1. The van der Waals surface area contributed by atoms with Gasteiger partial charge in [0, 0.05) is 18.5 Å². The number of rotatable bonds is 8. The maximum Gasteiger partial charge on any atom is 0.271 e. The molecule has 0 spiro atoms. The van der Waals surface area contributed by atoms with Crippen molar-refractivity contribution in [1.82, 2.24) is 9.78 Å². The van der Waals surface area contributed by atoms with Crippen molar-refractivity contribution in [3.8, 4) is 11.1 Å². The van der Waals surface area contributed by atoms with Gasteiger partial charge in [-0.15, -0.1) is 0 Å². The van der Waals surface area contributed by atoms with Gasteiger partial charge in [-0.2, -0.15) is 0 Å². The summed E-state index contributed by atoms with van der Waals surface area (Å²) >= 11 is 0. The van der Waals surface area contributed by atoms with Gasteiger partial charge in [-0.05, 0) is 36.3 Å². The van der Waals surface area contributed by atoms with Crippen LogP contribution in [0.1, 0.15) is 25.3 Å². The van der Waals surface area contributed by atoms with E-state index in [-0.39, 0.29) is 5.56 Å². The molecule has 0 saturated carbocycles. The zero-order valence-electron chi connectivity index (χ0n) is 15.1. The molecule has 134 valence electrons. The van der Waals surface area contributed by atoms with E-state index in [0.717, 1.165) is 30.5 Å². The van der Waals surface area contributed by atoms with Crippen LogP contribution in [0.2, 0.25) is 0 Å². The summed E-state index contributed by atoms with van der Waals surface area (Å²) in [6.45, 7) is 2.83. The number of hydrogen-bond acceptors (Lipinski definition) is 2. The first-order chi connectivity index (χ1) is 12.6. The number of H-pyrrole nitrogens is 1. The minimum Gasteiger partial charge on any atom is -0.310 e. The van der Waals surface area contributed by atoms with Crippen molar-refractivity contribution in [3.63, 3.8) is 0 Å². The maximum absolute atomic E-state index is 12.2. The molecule has 0 aliphatic heterocycles. The molecule has 0 fully saturated rings. The molecule has 1 heterocycles. The molecule has 0 aliphatic carbocycles. The van der Waals surface area contributed by atoms with Crippen LogP contribution in [0.4, 0.5) is 0 Å². The Labute approximate surface area is 154 Å². The van der Waals surface area contributed by atoms with Gasteiger partial charge in [0.2, 0.25) is 0 Å². The fraction of sp³-hybridized carbons (Fsp3) is 0.273. The summed E-state index contributed by atoms with van der Waals surface area (Å²) in [6, 6.07) is 20.0. The lowest BCUT2D eigenvalue weighted by molar-refractivity contribution is 0.458. The number of aryl methyl sites for hydroxylation is 1. The molecule has 3 aromatic rings. The highest BCUT2D eigenvalue weighted by Crippen LogP contribution is 2.16. The smallest absolute Gasteiger partial charge is 0.271 e. The Kier molecular flexibility index (Phi) is 5.84. The van der Waals surface area contributed by atoms with Crippen molar-refractivity contribution >= 4 is 5.71 Å². The number of benzene rings is 2. The Hall–Kier alpha value is -2.88. The van der Waals surface area contributed by atoms with Crippen LogP contribution in [0.25, 0.3) is 11.1 Å². The molecule has 3 rings (SSSR count). The van der Waals surface area contributed by atoms with Crippen LogP contribution in [-0.4, -0.2) is 15.5 Å². The first kappa shape index (κ1) is 17.9. The van der Waals surface area contributed by atoms with E-state index < -0.39 is 0 Å². The normalized spacial score (nSPS) is 12.0. The van der Waals surface area contributed by atoms with Crippen molar-refractivity contribution < 1.29 is 0 Å². The minimum atomic E-state index is -0.0671. The average molecular weight is 347 g/mol. The van der Waals surface area contributed by atoms with Crippen LogP contribution >= 0.6 is 0 Å². The quantitative estimate of drug-likeness (QED) is 0.578. The van der Waals surface area contributed by atoms with E-state index in [9.17, 15) is 4.79 Å². The average Bonchev–Trinajstić information content (AvgIpc) is 3.01. The molecule has 0 amide bonds. The van der Waals surface area contributed by atoms with Gasteiger partial charge in [0.05, 0.1) is 5.56 Å². The van der Waals surface area contributed by atoms with Crippen LogP contribution in [-0.2, 0) is 13.0 Å². The highest BCUT2D eigenvalue weighted by molar-refractivity contribution is 5.81. The molecule has 0 aliphatic rings. The van der Waals surface area contributed by atoms with Gasteiger partial charge in [-0.1, -0.05) is 67.6 Å². The van der Waals surface area contributed by atoms with Crippen LogP contribution in [0.15, 0.2) is 71.7 Å². The number of aromatic amines is 1. The standard InChI is InChI=1S/C22H25N3O/c1-17(14-20(23)13-12-18-8-4-2-5-9-18)15-25-16-21(22(26)24-25)19-10-6-3-7-11-19/h2-11,16-17,23H,12-15H2,1H3,(H,24,26). The third-order valence-corrected chi connectivity index (χ3v) is 4.52. The number of nitrogens with zero attached hydrogens (tertiary/aromatic N) is 1. The third kappa shape index (κ3) is 4.82. The molecule has 0 saturated heterocycles. The van der Waals surface area contributed by atoms with E-state index >= 15 is 0 Å². The van der Waals surface area contributed by atoms with Crippen LogP contribution in [0.3, 0.4) is 0 Å². The summed E-state index contributed by atoms with van der Waals surface area (Å²) in [4.78, 5) is 12.2. The van der Waals surface area contributed by atoms with Gasteiger partial charge in [0.15, 0.2) is 0 Å². The molecule has 0 radical (unpaired) electrons. The van der Waals surface area contributed by atoms with Crippen molar-refractivity contribution in [3.05, 3.63) is 82.8 Å². The lowest BCUT2D eigenvalue weighted by atomic mass is 9.99. The van der Waals surface area contributed by atoms with Gasteiger partial charge < -0.3 is 5.41 Å². The maximum atomic E-state index is 12.2. The van der Waals surface area contributed by atoms with Gasteiger partial charge in [0.25, 0.3) is 5.56 Å². The van der Waals surface area contributed by atoms with Crippen LogP contribution in [0.5, 0.6) is 0 Å². The molecule has 2 aromatic carbocycles. The molecule has 1 atom stereocenters. The summed E-state index contributed by atoms with van der Waals surface area (Å²) in [7, 11) is 0. The second-order valence-electron chi connectivity index (χ2n) is 6.90. The van der Waals surface area contributed by atoms with Crippen LogP contribution < -0.4 is 5.56 Å². The summed E-state index contributed by atoms with van der Waals surface area (Å²) in [5, 5.41) is 11.1. The molecule has 2 N–H and O–H groups in total. The zero-order valence-corrected chi connectivity index (χ0v) is 15.1. The molecule has 1 aromatic heterocycles. The summed E-state index contributed by atoms with van der Waals surface area (Å²) in [5.74, 6) is 0.296. The Morgan fingerprint density at radius 3 is 2.42 bits per heavy atom. The number of aromatic nitrogens is 2. The SMILES string of the molecule is CC(CC(=N)CCc1ccccc1)Cn1cc(-c2ccccc2)c(=O)[nH]1. The molecule has 26 heavy (non-hydrogen) atoms. The van der Waals surface area contributed by atoms with E-state index in [0.29, 0.717) is 18.0 Å². The summed E-state index contributed by atoms with van der Waals surface area (Å²) in [5.41, 5.74) is 3.58. The molecule has 1 unspecified atom stereocenters. The molecular weight excluding hydrogens is 322 g/mol. The summed E-state index contributed by atoms with van der Waals surface area (Å²) in [6.07, 6.45) is 4.31. The predicted molar refractivity (Wildman–Crippen MR) is 107 cm³/mol. The second kappa shape index (κ2) is 8.48. The Morgan fingerprint density at radius 1 is 1.08 bits per heavy atom. The predicted octanol–water partition coefficient (Wildman–Crippen LogP) is 4.52. The largest absolute Gasteiger partial charge is 0.310 e. The van der Waals surface area contributed by atoms with Crippen molar-refractivity contribution in [2.45, 2.75) is 32.7 Å². The van der Waals surface area contributed by atoms with Gasteiger partial charge >= 0.3 is 0 Å². The van der Waals surface area contributed by atoms with Gasteiger partial charge in [-0.3, -0.25) is 14.6 Å². The van der Waals surface area contributed by atoms with Crippen molar-refractivity contribution in [1.29, 1.82) is 5.41 Å². The lowest BCUT2D eigenvalue weighted by Gasteiger charge is -2.13. The van der Waals surface area contributed by atoms with E-state index in [1.807, 2.05) is 59.4 Å². The van der Waals surface area contributed by atoms with Crippen LogP contribution in [0, 0.1) is 11.3 Å². The molecule has 0 bridgehead atoms. The first-order valence-electron chi connectivity index (χ1n) is 9.07. The fourth-order valence-corrected chi connectivity index (χ4v) is 3.22. The fourth-order valence-electron chi connectivity index (χ4n) is 3.22. The minimum absolute atomic E-state index is 0.0671. The highest BCUT2D eigenvalue weighted by Gasteiger charge is 2.11. The molecule has 4 heteroatoms. The summed E-state index contributed by atoms with van der Waals surface area (Å²) < 4.78 is 1.85. The van der Waals surface area contributed by atoms with Crippen molar-refractivity contribution in [2.75, 3.05) is 0 Å². The topological polar surface area (TPSA) is 61.6 Å². The van der Waals surface area contributed by atoms with E-state index in [2.05, 4.69) is 24.2 Å². The molecular formula is C22H25N3O. The Balaban J connectivity index is 1.54. The number of hydrogen-bond donors (Lipinski definition) is 2. The van der Waals surface area contributed by atoms with E-state index in [1.54, 1.807) is 0 Å².